The van der Waals surface area contributed by atoms with Gasteiger partial charge in [0.2, 0.25) is 0 Å². The van der Waals surface area contributed by atoms with E-state index in [1.807, 2.05) is 6.26 Å². The van der Waals surface area contributed by atoms with Gasteiger partial charge in [0.15, 0.2) is 5.16 Å². The minimum Gasteiger partial charge on any atom is -0.337 e. The molecule has 124 valence electrons. The van der Waals surface area contributed by atoms with Gasteiger partial charge in [-0.3, -0.25) is 0 Å². The highest BCUT2D eigenvalue weighted by atomic mass is 32.2. The van der Waals surface area contributed by atoms with E-state index in [1.54, 1.807) is 11.3 Å². The van der Waals surface area contributed by atoms with Gasteiger partial charge in [-0.05, 0) is 49.6 Å². The fourth-order valence-corrected chi connectivity index (χ4v) is 4.72. The highest BCUT2D eigenvalue weighted by Crippen LogP contribution is 2.40. The van der Waals surface area contributed by atoms with Crippen molar-refractivity contribution in [2.75, 3.05) is 11.6 Å². The Labute approximate surface area is 146 Å². The number of nitrogens with one attached hydrogen (secondary N) is 1. The molecule has 4 rings (SSSR count). The molecule has 3 nitrogen and oxygen atoms in total. The first-order valence-corrected chi connectivity index (χ1v) is 9.78. The van der Waals surface area contributed by atoms with Gasteiger partial charge in [0.25, 0.3) is 0 Å². The lowest BCUT2D eigenvalue weighted by atomic mass is 9.97. The Morgan fingerprint density at radius 1 is 1.17 bits per heavy atom. The molecule has 0 aliphatic heterocycles. The van der Waals surface area contributed by atoms with Gasteiger partial charge in [0, 0.05) is 10.9 Å². The van der Waals surface area contributed by atoms with Crippen molar-refractivity contribution in [3.05, 3.63) is 40.3 Å². The number of thiophene rings is 1. The van der Waals surface area contributed by atoms with Crippen LogP contribution in [0.25, 0.3) is 10.2 Å². The highest BCUT2D eigenvalue weighted by Gasteiger charge is 2.21. The zero-order valence-corrected chi connectivity index (χ0v) is 14.7. The number of aryl methyl sites for hydroxylation is 2. The quantitative estimate of drug-likeness (QED) is 0.505. The molecule has 2 heterocycles. The monoisotopic (exact) mass is 363 g/mol. The fraction of sp³-hybridized carbons (Fsp3) is 0.294. The summed E-state index contributed by atoms with van der Waals surface area (Å²) in [4.78, 5) is 11.4. The number of benzene rings is 1. The minimum atomic E-state index is -0.628. The van der Waals surface area contributed by atoms with Crippen molar-refractivity contribution in [1.82, 2.24) is 9.97 Å². The van der Waals surface area contributed by atoms with Crippen LogP contribution in [0.1, 0.15) is 23.3 Å². The Balaban J connectivity index is 1.87. The van der Waals surface area contributed by atoms with Crippen molar-refractivity contribution in [3.63, 3.8) is 0 Å². The second-order valence-corrected chi connectivity index (χ2v) is 7.56. The van der Waals surface area contributed by atoms with Crippen LogP contribution in [0.2, 0.25) is 0 Å². The van der Waals surface area contributed by atoms with Crippen molar-refractivity contribution < 1.29 is 8.78 Å². The molecule has 7 heteroatoms. The third kappa shape index (κ3) is 2.75. The molecule has 1 aliphatic carbocycles. The number of anilines is 2. The molecule has 24 heavy (non-hydrogen) atoms. The maximum absolute atomic E-state index is 14.0. The van der Waals surface area contributed by atoms with Gasteiger partial charge < -0.3 is 5.32 Å². The molecule has 0 spiro atoms. The summed E-state index contributed by atoms with van der Waals surface area (Å²) in [5.74, 6) is -0.616. The second kappa shape index (κ2) is 6.29. The molecule has 0 saturated carbocycles. The summed E-state index contributed by atoms with van der Waals surface area (Å²) < 4.78 is 27.2. The minimum absolute atomic E-state index is 0.221. The van der Waals surface area contributed by atoms with Crippen LogP contribution in [0.3, 0.4) is 0 Å². The Kier molecular flexibility index (Phi) is 4.14. The van der Waals surface area contributed by atoms with Gasteiger partial charge in [-0.1, -0.05) is 11.8 Å². The van der Waals surface area contributed by atoms with E-state index in [0.717, 1.165) is 35.5 Å². The lowest BCUT2D eigenvalue weighted by Gasteiger charge is -2.13. The van der Waals surface area contributed by atoms with Gasteiger partial charge >= 0.3 is 0 Å². The van der Waals surface area contributed by atoms with Crippen molar-refractivity contribution >= 4 is 44.8 Å². The third-order valence-corrected chi connectivity index (χ3v) is 5.89. The van der Waals surface area contributed by atoms with Crippen molar-refractivity contribution in [3.8, 4) is 0 Å². The predicted molar refractivity (Wildman–Crippen MR) is 95.5 cm³/mol. The number of thioether (sulfide) groups is 1. The van der Waals surface area contributed by atoms with Gasteiger partial charge in [-0.2, -0.15) is 0 Å². The van der Waals surface area contributed by atoms with Crippen LogP contribution in [-0.2, 0) is 12.8 Å². The first-order valence-electron chi connectivity index (χ1n) is 7.74. The third-order valence-electron chi connectivity index (χ3n) is 4.16. The van der Waals surface area contributed by atoms with E-state index < -0.39 is 11.6 Å². The van der Waals surface area contributed by atoms with E-state index >= 15 is 0 Å². The van der Waals surface area contributed by atoms with Crippen LogP contribution in [-0.4, -0.2) is 16.2 Å². The van der Waals surface area contributed by atoms with Crippen molar-refractivity contribution in [2.45, 2.75) is 30.8 Å². The van der Waals surface area contributed by atoms with Crippen molar-refractivity contribution in [1.29, 1.82) is 0 Å². The summed E-state index contributed by atoms with van der Waals surface area (Å²) in [6, 6.07) is 3.51. The van der Waals surface area contributed by atoms with Crippen molar-refractivity contribution in [2.24, 2.45) is 0 Å². The Hall–Kier alpha value is -1.73. The summed E-state index contributed by atoms with van der Waals surface area (Å²) in [7, 11) is 0. The molecule has 0 fully saturated rings. The summed E-state index contributed by atoms with van der Waals surface area (Å²) in [5, 5.41) is 4.68. The molecule has 1 N–H and O–H groups in total. The summed E-state index contributed by atoms with van der Waals surface area (Å²) in [5.41, 5.74) is 1.50. The maximum atomic E-state index is 14.0. The molecule has 0 bridgehead atoms. The first kappa shape index (κ1) is 15.8. The molecule has 0 atom stereocenters. The number of nitrogens with zero attached hydrogens (tertiary/aromatic N) is 2. The molecule has 3 aromatic rings. The number of fused-ring (bicyclic) bond motifs is 3. The highest BCUT2D eigenvalue weighted by molar-refractivity contribution is 7.98. The van der Waals surface area contributed by atoms with Crippen LogP contribution in [0.4, 0.5) is 20.3 Å². The summed E-state index contributed by atoms with van der Waals surface area (Å²) in [6.45, 7) is 0. The van der Waals surface area contributed by atoms with E-state index in [0.29, 0.717) is 11.0 Å². The van der Waals surface area contributed by atoms with Crippen LogP contribution in [0, 0.1) is 11.6 Å². The molecule has 1 aliphatic rings. The first-order chi connectivity index (χ1) is 11.7. The second-order valence-electron chi connectivity index (χ2n) is 5.70. The lowest BCUT2D eigenvalue weighted by Crippen LogP contribution is -2.03. The van der Waals surface area contributed by atoms with E-state index in [9.17, 15) is 8.78 Å². The van der Waals surface area contributed by atoms with Crippen LogP contribution in [0.15, 0.2) is 23.4 Å². The molecule has 1 aromatic carbocycles. The average Bonchev–Trinajstić information content (AvgIpc) is 2.95. The number of aromatic nitrogens is 2. The predicted octanol–water partition coefficient (Wildman–Crippen LogP) is 5.31. The molecular formula is C17H15F2N3S2. The van der Waals surface area contributed by atoms with E-state index in [4.69, 9.17) is 0 Å². The van der Waals surface area contributed by atoms with Crippen LogP contribution >= 0.6 is 23.1 Å². The van der Waals surface area contributed by atoms with Gasteiger partial charge in [-0.15, -0.1) is 11.3 Å². The van der Waals surface area contributed by atoms with E-state index in [-0.39, 0.29) is 5.69 Å². The zero-order valence-electron chi connectivity index (χ0n) is 13.0. The van der Waals surface area contributed by atoms with Crippen LogP contribution < -0.4 is 5.32 Å². The molecule has 0 radical (unpaired) electrons. The normalized spacial score (nSPS) is 14.0. The SMILES string of the molecule is CSc1nc(Nc2ccc(F)cc2F)c2c3c(sc2n1)CCCC3. The lowest BCUT2D eigenvalue weighted by molar-refractivity contribution is 0.586. The average molecular weight is 363 g/mol. The summed E-state index contributed by atoms with van der Waals surface area (Å²) >= 11 is 3.15. The molecule has 0 amide bonds. The summed E-state index contributed by atoms with van der Waals surface area (Å²) in [6.07, 6.45) is 6.32. The molecule has 0 unspecified atom stereocenters. The standard InChI is InChI=1S/C17H15F2N3S2/c1-23-17-21-15(20-12-7-6-9(18)8-11(12)19)14-10-4-2-3-5-13(10)24-16(14)22-17/h6-8H,2-5H2,1H3,(H,20,21,22). The molecule has 0 saturated heterocycles. The number of halogens is 2. The molecular weight excluding hydrogens is 348 g/mol. The number of hydrogen-bond acceptors (Lipinski definition) is 5. The maximum Gasteiger partial charge on any atom is 0.190 e. The van der Waals surface area contributed by atoms with Gasteiger partial charge in [0.05, 0.1) is 11.1 Å². The number of hydrogen-bond donors (Lipinski definition) is 1. The van der Waals surface area contributed by atoms with E-state index in [1.165, 1.54) is 40.8 Å². The Morgan fingerprint density at radius 2 is 2.00 bits per heavy atom. The Bertz CT molecular complexity index is 924. The van der Waals surface area contributed by atoms with Crippen LogP contribution in [0.5, 0.6) is 0 Å². The largest absolute Gasteiger partial charge is 0.337 e. The topological polar surface area (TPSA) is 37.8 Å². The van der Waals surface area contributed by atoms with E-state index in [2.05, 4.69) is 15.3 Å². The Morgan fingerprint density at radius 3 is 2.79 bits per heavy atom. The van der Waals surface area contributed by atoms with Gasteiger partial charge in [0.1, 0.15) is 22.3 Å². The number of rotatable bonds is 3. The molecule has 2 aromatic heterocycles. The van der Waals surface area contributed by atoms with Gasteiger partial charge in [-0.25, -0.2) is 18.7 Å². The smallest absolute Gasteiger partial charge is 0.190 e. The zero-order chi connectivity index (χ0) is 16.7. The fourth-order valence-electron chi connectivity index (χ4n) is 3.04.